The van der Waals surface area contributed by atoms with E-state index in [2.05, 4.69) is 17.5 Å². The maximum atomic E-state index is 12.0. The summed E-state index contributed by atoms with van der Waals surface area (Å²) >= 11 is 5.91. The lowest BCUT2D eigenvalue weighted by Crippen LogP contribution is -2.24. The van der Waals surface area contributed by atoms with Crippen LogP contribution in [0.1, 0.15) is 36.5 Å². The number of hydrazone groups is 1. The molecule has 0 aliphatic carbocycles. The minimum Gasteiger partial charge on any atom is -0.493 e. The molecule has 0 aliphatic heterocycles. The van der Waals surface area contributed by atoms with Gasteiger partial charge in [-0.25, -0.2) is 5.43 Å². The van der Waals surface area contributed by atoms with E-state index in [1.807, 2.05) is 54.6 Å². The first-order chi connectivity index (χ1) is 16.6. The number of nitrogens with one attached hydrogen (secondary N) is 1. The van der Waals surface area contributed by atoms with Gasteiger partial charge in [0.2, 0.25) is 0 Å². The quantitative estimate of drug-likeness (QED) is 0.263. The molecule has 1 amide bonds. The van der Waals surface area contributed by atoms with E-state index >= 15 is 0 Å². The molecule has 0 radical (unpaired) electrons. The number of amides is 1. The molecule has 0 fully saturated rings. The lowest BCUT2D eigenvalue weighted by molar-refractivity contribution is -0.123. The Bertz CT molecular complexity index is 1080. The molecular formula is C27H29ClN2O4. The largest absolute Gasteiger partial charge is 0.493 e. The van der Waals surface area contributed by atoms with Crippen molar-refractivity contribution in [3.05, 3.63) is 88.4 Å². The van der Waals surface area contributed by atoms with Crippen molar-refractivity contribution >= 4 is 23.7 Å². The molecule has 0 aromatic heterocycles. The van der Waals surface area contributed by atoms with Crippen LogP contribution in [0.2, 0.25) is 5.02 Å². The Hall–Kier alpha value is -3.51. The minimum absolute atomic E-state index is 0.119. The number of benzene rings is 3. The fourth-order valence-corrected chi connectivity index (χ4v) is 3.24. The first-order valence-electron chi connectivity index (χ1n) is 11.2. The topological polar surface area (TPSA) is 69.2 Å². The third-order valence-electron chi connectivity index (χ3n) is 5.01. The first-order valence-corrected chi connectivity index (χ1v) is 11.5. The zero-order valence-corrected chi connectivity index (χ0v) is 20.2. The molecule has 1 N–H and O–H groups in total. The van der Waals surface area contributed by atoms with E-state index < -0.39 is 0 Å². The summed E-state index contributed by atoms with van der Waals surface area (Å²) in [7, 11) is 1.57. The van der Waals surface area contributed by atoms with Crippen LogP contribution in [0.4, 0.5) is 0 Å². The summed E-state index contributed by atoms with van der Waals surface area (Å²) in [5, 5.41) is 4.68. The number of carbonyl (C=O) groups excluding carboxylic acids is 1. The summed E-state index contributed by atoms with van der Waals surface area (Å²) in [5.74, 6) is 1.47. The van der Waals surface area contributed by atoms with Crippen molar-refractivity contribution in [2.24, 2.45) is 5.10 Å². The molecule has 0 atom stereocenters. The molecule has 3 aromatic rings. The molecule has 7 heteroatoms. The monoisotopic (exact) mass is 480 g/mol. The van der Waals surface area contributed by atoms with Gasteiger partial charge in [-0.3, -0.25) is 4.79 Å². The number of unbranched alkanes of at least 4 members (excludes halogenated alkanes) is 1. The second-order valence-corrected chi connectivity index (χ2v) is 8.09. The summed E-state index contributed by atoms with van der Waals surface area (Å²) in [6, 6.07) is 20.7. The Morgan fingerprint density at radius 3 is 2.41 bits per heavy atom. The van der Waals surface area contributed by atoms with E-state index in [9.17, 15) is 4.79 Å². The summed E-state index contributed by atoms with van der Waals surface area (Å²) in [4.78, 5) is 12.0. The van der Waals surface area contributed by atoms with Crippen molar-refractivity contribution in [3.63, 3.8) is 0 Å². The Labute approximate surface area is 205 Å². The van der Waals surface area contributed by atoms with Crippen molar-refractivity contribution < 1.29 is 19.0 Å². The number of ether oxygens (including phenoxy) is 3. The highest BCUT2D eigenvalue weighted by molar-refractivity contribution is 6.30. The van der Waals surface area contributed by atoms with Crippen LogP contribution in [-0.2, 0) is 17.8 Å². The van der Waals surface area contributed by atoms with Gasteiger partial charge in [0, 0.05) is 5.02 Å². The summed E-state index contributed by atoms with van der Waals surface area (Å²) in [5.41, 5.74) is 5.48. The highest BCUT2D eigenvalue weighted by Crippen LogP contribution is 2.28. The Balaban J connectivity index is 1.46. The molecule has 0 bridgehead atoms. The smallest absolute Gasteiger partial charge is 0.277 e. The minimum atomic E-state index is -0.346. The van der Waals surface area contributed by atoms with Gasteiger partial charge in [0.1, 0.15) is 12.4 Å². The van der Waals surface area contributed by atoms with Gasteiger partial charge < -0.3 is 14.2 Å². The van der Waals surface area contributed by atoms with Crippen LogP contribution in [0.25, 0.3) is 0 Å². The van der Waals surface area contributed by atoms with Gasteiger partial charge in [0.05, 0.1) is 13.3 Å². The lowest BCUT2D eigenvalue weighted by Gasteiger charge is -2.11. The number of halogens is 1. The maximum Gasteiger partial charge on any atom is 0.277 e. The van der Waals surface area contributed by atoms with Crippen molar-refractivity contribution in [2.75, 3.05) is 13.7 Å². The molecule has 6 nitrogen and oxygen atoms in total. The van der Waals surface area contributed by atoms with Gasteiger partial charge in [-0.15, -0.1) is 0 Å². The SMILES string of the molecule is CCCCc1ccc(OCC(=O)N/N=C\c2ccc(OCc3ccc(Cl)cc3)c(OC)c2)cc1. The second-order valence-electron chi connectivity index (χ2n) is 7.65. The third-order valence-corrected chi connectivity index (χ3v) is 5.26. The van der Waals surface area contributed by atoms with Crippen LogP contribution in [0.5, 0.6) is 17.2 Å². The molecule has 0 saturated carbocycles. The van der Waals surface area contributed by atoms with Crippen molar-refractivity contribution in [1.29, 1.82) is 0 Å². The number of nitrogens with zero attached hydrogens (tertiary/aromatic N) is 1. The van der Waals surface area contributed by atoms with E-state index in [0.717, 1.165) is 30.4 Å². The Morgan fingerprint density at radius 2 is 1.71 bits per heavy atom. The average Bonchev–Trinajstić information content (AvgIpc) is 2.87. The van der Waals surface area contributed by atoms with Gasteiger partial charge in [-0.05, 0) is 72.0 Å². The van der Waals surface area contributed by atoms with E-state index in [0.29, 0.717) is 28.9 Å². The molecule has 0 saturated heterocycles. The van der Waals surface area contributed by atoms with Crippen molar-refractivity contribution in [1.82, 2.24) is 5.43 Å². The Kier molecular flexibility index (Phi) is 9.80. The van der Waals surface area contributed by atoms with Crippen LogP contribution in [0, 0.1) is 0 Å². The highest BCUT2D eigenvalue weighted by atomic mass is 35.5. The molecule has 3 aromatic carbocycles. The number of rotatable bonds is 12. The van der Waals surface area contributed by atoms with E-state index in [1.54, 1.807) is 19.2 Å². The zero-order chi connectivity index (χ0) is 24.2. The lowest BCUT2D eigenvalue weighted by atomic mass is 10.1. The van der Waals surface area contributed by atoms with Crippen LogP contribution in [-0.4, -0.2) is 25.8 Å². The molecule has 178 valence electrons. The van der Waals surface area contributed by atoms with Crippen molar-refractivity contribution in [3.8, 4) is 17.2 Å². The molecule has 0 unspecified atom stereocenters. The summed E-state index contributed by atoms with van der Waals surface area (Å²) in [6.07, 6.45) is 4.90. The van der Waals surface area contributed by atoms with Crippen LogP contribution < -0.4 is 19.6 Å². The Morgan fingerprint density at radius 1 is 0.971 bits per heavy atom. The van der Waals surface area contributed by atoms with Crippen LogP contribution in [0.3, 0.4) is 0 Å². The van der Waals surface area contributed by atoms with E-state index in [-0.39, 0.29) is 12.5 Å². The van der Waals surface area contributed by atoms with Gasteiger partial charge in [-0.1, -0.05) is 49.2 Å². The summed E-state index contributed by atoms with van der Waals surface area (Å²) < 4.78 is 16.8. The summed E-state index contributed by atoms with van der Waals surface area (Å²) in [6.45, 7) is 2.44. The molecule has 0 heterocycles. The van der Waals surface area contributed by atoms with Crippen molar-refractivity contribution in [2.45, 2.75) is 32.8 Å². The first kappa shape index (κ1) is 25.1. The van der Waals surface area contributed by atoms with Gasteiger partial charge in [0.15, 0.2) is 18.1 Å². The standard InChI is InChI=1S/C27H29ClN2O4/c1-3-4-5-20-8-13-24(14-9-20)33-19-27(31)30-29-17-22-10-15-25(26(16-22)32-2)34-18-21-6-11-23(28)12-7-21/h6-17H,3-5,18-19H2,1-2H3,(H,30,31)/b29-17-. The molecule has 0 aliphatic rings. The number of methoxy groups -OCH3 is 1. The number of carbonyl (C=O) groups is 1. The number of aryl methyl sites for hydroxylation is 1. The fraction of sp³-hybridized carbons (Fsp3) is 0.259. The normalized spacial score (nSPS) is 10.8. The zero-order valence-electron chi connectivity index (χ0n) is 19.4. The highest BCUT2D eigenvalue weighted by Gasteiger charge is 2.06. The maximum absolute atomic E-state index is 12.0. The van der Waals surface area contributed by atoms with E-state index in [1.165, 1.54) is 11.8 Å². The van der Waals surface area contributed by atoms with Gasteiger partial charge in [-0.2, -0.15) is 5.10 Å². The average molecular weight is 481 g/mol. The molecule has 34 heavy (non-hydrogen) atoms. The third kappa shape index (κ3) is 8.12. The molecule has 3 rings (SSSR count). The van der Waals surface area contributed by atoms with Crippen LogP contribution >= 0.6 is 11.6 Å². The predicted octanol–water partition coefficient (Wildman–Crippen LogP) is 5.80. The second kappa shape index (κ2) is 13.3. The molecule has 0 spiro atoms. The molecular weight excluding hydrogens is 452 g/mol. The number of hydrogen-bond acceptors (Lipinski definition) is 5. The van der Waals surface area contributed by atoms with Gasteiger partial charge in [0.25, 0.3) is 5.91 Å². The van der Waals surface area contributed by atoms with E-state index in [4.69, 9.17) is 25.8 Å². The predicted molar refractivity (Wildman–Crippen MR) is 135 cm³/mol. The van der Waals surface area contributed by atoms with Crippen LogP contribution in [0.15, 0.2) is 71.8 Å². The fourth-order valence-electron chi connectivity index (χ4n) is 3.12. The van der Waals surface area contributed by atoms with Gasteiger partial charge >= 0.3 is 0 Å². The number of hydrogen-bond donors (Lipinski definition) is 1.